The second-order valence-corrected chi connectivity index (χ2v) is 24.0. The first kappa shape index (κ1) is 44.9. The number of aliphatic carboxylic acids is 1. The summed E-state index contributed by atoms with van der Waals surface area (Å²) < 4.78 is 21.4. The standard InChI is InChI=1S/C35H56Cl3NO9SSi/c1-20(13-12-14-26-27(46-26)16-25(40)21(2)15-24-18-49-23(4)39-24)30(47-32(44)45-19-35(36,37)38)22(3)31(43)34(8,9)28(17-29(41)42)48-50(10,11)33(5,6)7/h15,18,20,22,25-28,30,40H,12-14,16-17,19H2,1-11H3,(H,41,42)/b21-15+/t20-,22+,25-,26+,27-,28-,30-/m0/s1. The van der Waals surface area contributed by atoms with Crippen molar-refractivity contribution in [3.05, 3.63) is 21.7 Å². The Balaban J connectivity index is 2.14. The lowest BCUT2D eigenvalue weighted by atomic mass is 9.73. The molecule has 0 unspecified atom stereocenters. The second kappa shape index (κ2) is 18.2. The van der Waals surface area contributed by atoms with Gasteiger partial charge in [0, 0.05) is 17.2 Å². The van der Waals surface area contributed by atoms with Crippen molar-refractivity contribution in [2.24, 2.45) is 17.3 Å². The predicted molar refractivity (Wildman–Crippen MR) is 202 cm³/mol. The van der Waals surface area contributed by atoms with Gasteiger partial charge in [0.1, 0.15) is 18.5 Å². The summed E-state index contributed by atoms with van der Waals surface area (Å²) in [7, 11) is -2.48. The number of ether oxygens (including phenoxy) is 3. The highest BCUT2D eigenvalue weighted by Gasteiger charge is 2.49. The molecule has 1 aliphatic heterocycles. The van der Waals surface area contributed by atoms with Gasteiger partial charge in [-0.15, -0.1) is 11.3 Å². The van der Waals surface area contributed by atoms with Gasteiger partial charge in [0.05, 0.1) is 47.5 Å². The number of nitrogens with zero attached hydrogens (tertiary/aromatic N) is 1. The average Bonchev–Trinajstić information content (AvgIpc) is 3.58. The van der Waals surface area contributed by atoms with Gasteiger partial charge >= 0.3 is 12.1 Å². The summed E-state index contributed by atoms with van der Waals surface area (Å²) in [5, 5.41) is 23.2. The molecular formula is C35H56Cl3NO9SSi. The molecule has 286 valence electrons. The Labute approximate surface area is 317 Å². The molecule has 2 N–H and O–H groups in total. The van der Waals surface area contributed by atoms with Gasteiger partial charge in [-0.3, -0.25) is 9.59 Å². The van der Waals surface area contributed by atoms with Crippen LogP contribution in [0.25, 0.3) is 6.08 Å². The first-order valence-corrected chi connectivity index (χ1v) is 21.9. The zero-order valence-corrected chi connectivity index (χ0v) is 35.3. The van der Waals surface area contributed by atoms with E-state index in [0.717, 1.165) is 22.7 Å². The summed E-state index contributed by atoms with van der Waals surface area (Å²) in [6.07, 6.45) is 0.349. The monoisotopic (exact) mass is 799 g/mol. The van der Waals surface area contributed by atoms with Crippen LogP contribution in [0.4, 0.5) is 4.79 Å². The summed E-state index contributed by atoms with van der Waals surface area (Å²) in [5.74, 6) is -2.54. The van der Waals surface area contributed by atoms with Crippen molar-refractivity contribution in [2.75, 3.05) is 6.61 Å². The fourth-order valence-corrected chi connectivity index (χ4v) is 7.83. The molecule has 0 spiro atoms. The molecule has 2 rings (SSSR count). The smallest absolute Gasteiger partial charge is 0.481 e. The number of aliphatic hydroxyl groups is 1. The molecule has 1 aliphatic rings. The molecule has 50 heavy (non-hydrogen) atoms. The van der Waals surface area contributed by atoms with E-state index in [1.807, 2.05) is 66.1 Å². The van der Waals surface area contributed by atoms with Crippen molar-refractivity contribution < 1.29 is 43.2 Å². The quantitative estimate of drug-likeness (QED) is 0.0602. The number of epoxide rings is 1. The molecule has 1 fully saturated rings. The number of aromatic nitrogens is 1. The molecule has 10 nitrogen and oxygen atoms in total. The van der Waals surface area contributed by atoms with E-state index >= 15 is 0 Å². The van der Waals surface area contributed by atoms with Gasteiger partial charge in [-0.2, -0.15) is 0 Å². The molecule has 0 bridgehead atoms. The Hall–Kier alpha value is -1.25. The molecule has 0 aromatic carbocycles. The highest BCUT2D eigenvalue weighted by Crippen LogP contribution is 2.42. The van der Waals surface area contributed by atoms with Crippen LogP contribution in [0.3, 0.4) is 0 Å². The summed E-state index contributed by atoms with van der Waals surface area (Å²) >= 11 is 18.9. The van der Waals surface area contributed by atoms with Crippen LogP contribution in [0.5, 0.6) is 0 Å². The van der Waals surface area contributed by atoms with E-state index in [0.29, 0.717) is 19.3 Å². The molecule has 7 atom stereocenters. The molecule has 1 aromatic heterocycles. The topological polar surface area (TPSA) is 145 Å². The number of hydrogen-bond acceptors (Lipinski definition) is 10. The maximum atomic E-state index is 14.3. The van der Waals surface area contributed by atoms with Crippen molar-refractivity contribution >= 4 is 78.4 Å². The Kier molecular flexibility index (Phi) is 16.3. The van der Waals surface area contributed by atoms with Gasteiger partial charge in [-0.1, -0.05) is 89.7 Å². The third-order valence-corrected chi connectivity index (χ3v) is 15.5. The highest BCUT2D eigenvalue weighted by molar-refractivity contribution is 7.09. The Bertz CT molecular complexity index is 1340. The number of carboxylic acid groups (broad SMARTS) is 1. The first-order valence-electron chi connectivity index (χ1n) is 17.0. The first-order chi connectivity index (χ1) is 22.7. The maximum absolute atomic E-state index is 14.3. The molecule has 15 heteroatoms. The van der Waals surface area contributed by atoms with E-state index in [9.17, 15) is 24.6 Å². The minimum absolute atomic E-state index is 0.0120. The van der Waals surface area contributed by atoms with Gasteiger partial charge < -0.3 is 28.8 Å². The van der Waals surface area contributed by atoms with E-state index in [4.69, 9.17) is 53.4 Å². The van der Waals surface area contributed by atoms with Crippen molar-refractivity contribution in [3.8, 4) is 0 Å². The van der Waals surface area contributed by atoms with Crippen molar-refractivity contribution in [2.45, 2.75) is 147 Å². The zero-order chi connectivity index (χ0) is 38.4. The minimum Gasteiger partial charge on any atom is -0.481 e. The molecule has 1 saturated heterocycles. The number of carbonyl (C=O) groups excluding carboxylic acids is 2. The highest BCUT2D eigenvalue weighted by atomic mass is 35.6. The Morgan fingerprint density at radius 1 is 1.12 bits per heavy atom. The zero-order valence-electron chi connectivity index (χ0n) is 31.2. The van der Waals surface area contributed by atoms with E-state index in [1.54, 1.807) is 32.1 Å². The minimum atomic E-state index is -2.48. The van der Waals surface area contributed by atoms with E-state index in [-0.39, 0.29) is 35.4 Å². The Morgan fingerprint density at radius 3 is 2.26 bits per heavy atom. The summed E-state index contributed by atoms with van der Waals surface area (Å²) in [6.45, 7) is 20.3. The molecule has 0 aliphatic carbocycles. The fourth-order valence-electron chi connectivity index (χ4n) is 5.65. The summed E-state index contributed by atoms with van der Waals surface area (Å²) in [4.78, 5) is 43.5. The van der Waals surface area contributed by atoms with Crippen LogP contribution >= 0.6 is 46.1 Å². The van der Waals surface area contributed by atoms with E-state index < -0.39 is 60.5 Å². The lowest BCUT2D eigenvalue weighted by Crippen LogP contribution is -2.53. The van der Waals surface area contributed by atoms with Crippen LogP contribution in [-0.2, 0) is 28.2 Å². The van der Waals surface area contributed by atoms with Crippen LogP contribution in [0.15, 0.2) is 11.0 Å². The van der Waals surface area contributed by atoms with Gasteiger partial charge in [0.15, 0.2) is 8.32 Å². The van der Waals surface area contributed by atoms with Gasteiger partial charge in [0.25, 0.3) is 0 Å². The van der Waals surface area contributed by atoms with E-state index in [2.05, 4.69) is 4.98 Å². The molecule has 2 heterocycles. The van der Waals surface area contributed by atoms with Crippen LogP contribution in [0.1, 0.15) is 98.2 Å². The van der Waals surface area contributed by atoms with Gasteiger partial charge in [-0.25, -0.2) is 9.78 Å². The number of thiazole rings is 1. The number of rotatable bonds is 19. The largest absolute Gasteiger partial charge is 0.508 e. The number of ketones is 1. The van der Waals surface area contributed by atoms with Crippen molar-refractivity contribution in [1.29, 1.82) is 0 Å². The van der Waals surface area contributed by atoms with Gasteiger partial charge in [-0.05, 0) is 62.4 Å². The third-order valence-electron chi connectivity index (χ3n) is 9.93. The number of carboxylic acids is 1. The third kappa shape index (κ3) is 13.9. The van der Waals surface area contributed by atoms with Crippen LogP contribution in [0.2, 0.25) is 18.1 Å². The number of aliphatic hydroxyl groups excluding tert-OH is 1. The number of alkyl halides is 3. The summed E-state index contributed by atoms with van der Waals surface area (Å²) in [6, 6.07) is 0. The van der Waals surface area contributed by atoms with Crippen molar-refractivity contribution in [3.63, 3.8) is 0 Å². The molecule has 0 radical (unpaired) electrons. The van der Waals surface area contributed by atoms with Crippen LogP contribution < -0.4 is 0 Å². The van der Waals surface area contributed by atoms with Crippen LogP contribution in [0, 0.1) is 24.2 Å². The predicted octanol–water partition coefficient (Wildman–Crippen LogP) is 9.17. The molecular weight excluding hydrogens is 745 g/mol. The molecule has 0 amide bonds. The normalized spacial score (nSPS) is 20.4. The molecule has 1 aromatic rings. The van der Waals surface area contributed by atoms with E-state index in [1.165, 1.54) is 0 Å². The lowest BCUT2D eigenvalue weighted by molar-refractivity contribution is -0.147. The average molecular weight is 801 g/mol. The number of halogens is 3. The number of aryl methyl sites for hydroxylation is 1. The molecule has 0 saturated carbocycles. The number of carbonyl (C=O) groups is 3. The fraction of sp³-hybridized carbons (Fsp3) is 0.771. The number of hydrogen-bond donors (Lipinski definition) is 2. The Morgan fingerprint density at radius 2 is 1.74 bits per heavy atom. The second-order valence-electron chi connectivity index (χ2n) is 15.6. The SMILES string of the molecule is C/C(=C\c1csc(C)n1)[C@@H](O)C[C@@H]1O[C@@H]1CCC[C@H](C)[C@H](OC(=O)OCC(Cl)(Cl)Cl)[C@@H](C)C(=O)C(C)(C)[C@H](CC(=O)O)O[Si](C)(C)C(C)(C)C. The maximum Gasteiger partial charge on any atom is 0.508 e. The summed E-state index contributed by atoms with van der Waals surface area (Å²) in [5.41, 5.74) is 0.411. The van der Waals surface area contributed by atoms with Crippen molar-refractivity contribution in [1.82, 2.24) is 4.98 Å². The lowest BCUT2D eigenvalue weighted by Gasteiger charge is -2.44. The van der Waals surface area contributed by atoms with Gasteiger partial charge in [0.2, 0.25) is 3.79 Å². The number of Topliss-reactive ketones (excluding diaryl/α,β-unsaturated/α-hetero) is 1. The van der Waals surface area contributed by atoms with Crippen LogP contribution in [-0.4, -0.2) is 82.3 Å².